The van der Waals surface area contributed by atoms with Gasteiger partial charge >= 0.3 is 5.97 Å². The first-order valence-electron chi connectivity index (χ1n) is 8.52. The Morgan fingerprint density at radius 2 is 1.80 bits per heavy atom. The van der Waals surface area contributed by atoms with Crippen LogP contribution in [-0.4, -0.2) is 37.2 Å². The van der Waals surface area contributed by atoms with Crippen molar-refractivity contribution < 1.29 is 23.8 Å². The van der Waals surface area contributed by atoms with Gasteiger partial charge in [0.05, 0.1) is 19.6 Å². The fourth-order valence-corrected chi connectivity index (χ4v) is 2.71. The normalized spacial score (nSPS) is 14.6. The van der Waals surface area contributed by atoms with Gasteiger partial charge in [0.25, 0.3) is 5.91 Å². The van der Waals surface area contributed by atoms with Gasteiger partial charge in [-0.2, -0.15) is 0 Å². The molecule has 0 radical (unpaired) electrons. The largest absolute Gasteiger partial charge is 0.490 e. The lowest BCUT2D eigenvalue weighted by molar-refractivity contribution is -0.154. The summed E-state index contributed by atoms with van der Waals surface area (Å²) < 4.78 is 17.1. The van der Waals surface area contributed by atoms with Crippen LogP contribution >= 0.6 is 15.9 Å². The van der Waals surface area contributed by atoms with Crippen molar-refractivity contribution in [1.82, 2.24) is 5.32 Å². The predicted octanol–water partition coefficient (Wildman–Crippen LogP) is 3.00. The van der Waals surface area contributed by atoms with Crippen LogP contribution in [0.25, 0.3) is 0 Å². The third-order valence-electron chi connectivity index (χ3n) is 3.65. The number of carbonyl (C=O) groups excluding carboxylic acids is 2. The zero-order valence-corrected chi connectivity index (χ0v) is 16.4. The number of esters is 1. The lowest BCUT2D eigenvalue weighted by atomic mass is 10.1. The highest BCUT2D eigenvalue weighted by molar-refractivity contribution is 9.10. The van der Waals surface area contributed by atoms with Gasteiger partial charge in [-0.25, -0.2) is 0 Å². The van der Waals surface area contributed by atoms with E-state index in [1.54, 1.807) is 19.1 Å². The summed E-state index contributed by atoms with van der Waals surface area (Å²) in [5.74, 6) is 0.475. The first kappa shape index (κ1) is 19.6. The van der Waals surface area contributed by atoms with Crippen molar-refractivity contribution in [2.45, 2.75) is 52.2 Å². The number of halogens is 1. The zero-order chi connectivity index (χ0) is 18.4. The lowest BCUT2D eigenvalue weighted by Crippen LogP contribution is -2.37. The van der Waals surface area contributed by atoms with Crippen molar-refractivity contribution in [3.63, 3.8) is 0 Å². The van der Waals surface area contributed by atoms with Crippen LogP contribution in [-0.2, 0) is 20.7 Å². The second-order valence-corrected chi connectivity index (χ2v) is 6.70. The smallest absolute Gasteiger partial charge is 0.311 e. The molecule has 0 spiro atoms. The third kappa shape index (κ3) is 5.92. The summed E-state index contributed by atoms with van der Waals surface area (Å²) in [6.07, 6.45) is 1.21. The van der Waals surface area contributed by atoms with E-state index in [4.69, 9.17) is 14.2 Å². The number of ether oxygens (including phenoxy) is 3. The molecule has 0 saturated heterocycles. The van der Waals surface area contributed by atoms with E-state index in [-0.39, 0.29) is 18.4 Å². The van der Waals surface area contributed by atoms with Crippen LogP contribution < -0.4 is 14.8 Å². The van der Waals surface area contributed by atoms with Gasteiger partial charge in [0.1, 0.15) is 0 Å². The molecule has 0 heterocycles. The first-order valence-corrected chi connectivity index (χ1v) is 9.31. The second-order valence-electron chi connectivity index (χ2n) is 5.85. The molecule has 7 heteroatoms. The second kappa shape index (κ2) is 9.08. The van der Waals surface area contributed by atoms with E-state index in [0.29, 0.717) is 30.3 Å². The Hall–Kier alpha value is -1.76. The summed E-state index contributed by atoms with van der Waals surface area (Å²) in [6, 6.07) is 3.78. The van der Waals surface area contributed by atoms with E-state index in [2.05, 4.69) is 21.2 Å². The number of hydrogen-bond acceptors (Lipinski definition) is 5. The van der Waals surface area contributed by atoms with Crippen LogP contribution in [0.1, 0.15) is 39.2 Å². The number of amides is 1. The Morgan fingerprint density at radius 3 is 2.36 bits per heavy atom. The molecule has 0 bridgehead atoms. The summed E-state index contributed by atoms with van der Waals surface area (Å²) in [4.78, 5) is 24.0. The van der Waals surface area contributed by atoms with Crippen molar-refractivity contribution in [2.24, 2.45) is 0 Å². The summed E-state index contributed by atoms with van der Waals surface area (Å²) in [5, 5.41) is 2.82. The number of rotatable bonds is 9. The monoisotopic (exact) mass is 413 g/mol. The molecule has 2 rings (SSSR count). The Balaban J connectivity index is 2.00. The Labute approximate surface area is 156 Å². The van der Waals surface area contributed by atoms with Crippen LogP contribution in [0.2, 0.25) is 0 Å². The van der Waals surface area contributed by atoms with Crippen molar-refractivity contribution >= 4 is 27.8 Å². The van der Waals surface area contributed by atoms with Crippen LogP contribution in [0.5, 0.6) is 11.5 Å². The minimum absolute atomic E-state index is 0.0358. The van der Waals surface area contributed by atoms with E-state index < -0.39 is 12.1 Å². The van der Waals surface area contributed by atoms with Gasteiger partial charge in [-0.15, -0.1) is 0 Å². The molecule has 1 atom stereocenters. The lowest BCUT2D eigenvalue weighted by Gasteiger charge is -2.16. The van der Waals surface area contributed by atoms with E-state index >= 15 is 0 Å². The van der Waals surface area contributed by atoms with E-state index in [0.717, 1.165) is 17.3 Å². The topological polar surface area (TPSA) is 73.9 Å². The highest BCUT2D eigenvalue weighted by Gasteiger charge is 2.27. The van der Waals surface area contributed by atoms with Gasteiger partial charge in [-0.3, -0.25) is 9.59 Å². The maximum Gasteiger partial charge on any atom is 0.311 e. The van der Waals surface area contributed by atoms with Gasteiger partial charge in [0, 0.05) is 10.5 Å². The van der Waals surface area contributed by atoms with Gasteiger partial charge in [-0.1, -0.05) is 15.9 Å². The Bertz CT molecular complexity index is 630. The summed E-state index contributed by atoms with van der Waals surface area (Å²) in [6.45, 7) is 6.36. The molecular weight excluding hydrogens is 390 g/mol. The zero-order valence-electron chi connectivity index (χ0n) is 14.8. The first-order chi connectivity index (χ1) is 11.9. The maximum absolute atomic E-state index is 12.2. The SMILES string of the molecule is CCOc1cc(Br)c(CC(=O)O[C@H](C)C(=O)NC2CC2)cc1OCC. The van der Waals surface area contributed by atoms with Crippen LogP contribution in [0.4, 0.5) is 0 Å². The van der Waals surface area contributed by atoms with E-state index in [1.807, 2.05) is 13.8 Å². The van der Waals surface area contributed by atoms with Gasteiger partial charge in [-0.05, 0) is 51.3 Å². The Kier molecular flexibility index (Phi) is 7.11. The minimum atomic E-state index is -0.805. The maximum atomic E-state index is 12.2. The van der Waals surface area contributed by atoms with Crippen LogP contribution in [0.3, 0.4) is 0 Å². The highest BCUT2D eigenvalue weighted by atomic mass is 79.9. The predicted molar refractivity (Wildman–Crippen MR) is 96.9 cm³/mol. The number of nitrogens with one attached hydrogen (secondary N) is 1. The molecule has 1 saturated carbocycles. The molecule has 25 heavy (non-hydrogen) atoms. The van der Waals surface area contributed by atoms with Gasteiger partial charge in [0.15, 0.2) is 17.6 Å². The van der Waals surface area contributed by atoms with Gasteiger partial charge in [0.2, 0.25) is 0 Å². The molecular formula is C18H24BrNO5. The average Bonchev–Trinajstić information content (AvgIpc) is 3.36. The molecule has 1 aliphatic rings. The fourth-order valence-electron chi connectivity index (χ4n) is 2.24. The molecule has 0 aromatic heterocycles. The quantitative estimate of drug-likeness (QED) is 0.629. The number of benzene rings is 1. The molecule has 1 aromatic carbocycles. The van der Waals surface area contributed by atoms with Crippen molar-refractivity contribution in [1.29, 1.82) is 0 Å². The number of hydrogen-bond donors (Lipinski definition) is 1. The molecule has 0 unspecified atom stereocenters. The molecule has 1 aliphatic carbocycles. The van der Waals surface area contributed by atoms with Crippen molar-refractivity contribution in [3.8, 4) is 11.5 Å². The van der Waals surface area contributed by atoms with Crippen molar-refractivity contribution in [3.05, 3.63) is 22.2 Å². The summed E-state index contributed by atoms with van der Waals surface area (Å²) in [7, 11) is 0. The molecule has 1 amide bonds. The van der Waals surface area contributed by atoms with E-state index in [1.165, 1.54) is 0 Å². The molecule has 1 fully saturated rings. The molecule has 1 N–H and O–H groups in total. The van der Waals surface area contributed by atoms with Crippen molar-refractivity contribution in [2.75, 3.05) is 13.2 Å². The summed E-state index contributed by atoms with van der Waals surface area (Å²) >= 11 is 3.44. The minimum Gasteiger partial charge on any atom is -0.490 e. The van der Waals surface area contributed by atoms with Crippen LogP contribution in [0, 0.1) is 0 Å². The highest BCUT2D eigenvalue weighted by Crippen LogP contribution is 2.34. The van der Waals surface area contributed by atoms with Gasteiger partial charge < -0.3 is 19.5 Å². The summed E-state index contributed by atoms with van der Waals surface area (Å²) in [5.41, 5.74) is 0.715. The fraction of sp³-hybridized carbons (Fsp3) is 0.556. The molecule has 138 valence electrons. The molecule has 6 nitrogen and oxygen atoms in total. The molecule has 1 aromatic rings. The van der Waals surface area contributed by atoms with E-state index in [9.17, 15) is 9.59 Å². The average molecular weight is 414 g/mol. The van der Waals surface area contributed by atoms with Crippen LogP contribution in [0.15, 0.2) is 16.6 Å². The Morgan fingerprint density at radius 1 is 1.20 bits per heavy atom. The number of carbonyl (C=O) groups is 2. The molecule has 0 aliphatic heterocycles. The third-order valence-corrected chi connectivity index (χ3v) is 4.39. The standard InChI is InChI=1S/C18H24BrNO5/c1-4-23-15-8-12(14(19)10-16(15)24-5-2)9-17(21)25-11(3)18(22)20-13-6-7-13/h8,10-11,13H,4-7,9H2,1-3H3,(H,20,22)/t11-/m1/s1.